The van der Waals surface area contributed by atoms with E-state index in [1.807, 2.05) is 41.8 Å². The number of amides is 1. The summed E-state index contributed by atoms with van der Waals surface area (Å²) in [5.41, 5.74) is 3.85. The van der Waals surface area contributed by atoms with Crippen molar-refractivity contribution in [1.82, 2.24) is 4.98 Å². The van der Waals surface area contributed by atoms with Gasteiger partial charge in [0.1, 0.15) is 5.75 Å². The van der Waals surface area contributed by atoms with Crippen LogP contribution in [0, 0.1) is 0 Å². The fraction of sp³-hybridized carbons (Fsp3) is 0.111. The lowest BCUT2D eigenvalue weighted by Crippen LogP contribution is -2.25. The summed E-state index contributed by atoms with van der Waals surface area (Å²) in [6.07, 6.45) is 0.830. The lowest BCUT2D eigenvalue weighted by molar-refractivity contribution is -0.118. The molecule has 5 heteroatoms. The molecule has 0 spiro atoms. The number of carbonyl (C=O) groups excluding carboxylic acids is 1. The molecule has 0 saturated heterocycles. The first-order chi connectivity index (χ1) is 11.3. The summed E-state index contributed by atoms with van der Waals surface area (Å²) in [6, 6.07) is 16.1. The molecule has 4 rings (SSSR count). The van der Waals surface area contributed by atoms with E-state index in [1.54, 1.807) is 11.3 Å². The van der Waals surface area contributed by atoms with Crippen molar-refractivity contribution in [2.45, 2.75) is 6.42 Å². The molecule has 0 unspecified atom stereocenters. The van der Waals surface area contributed by atoms with Crippen LogP contribution in [0.3, 0.4) is 0 Å². The van der Waals surface area contributed by atoms with Crippen molar-refractivity contribution in [3.8, 4) is 17.0 Å². The van der Waals surface area contributed by atoms with Gasteiger partial charge in [-0.05, 0) is 23.8 Å². The van der Waals surface area contributed by atoms with E-state index in [4.69, 9.17) is 9.72 Å². The summed E-state index contributed by atoms with van der Waals surface area (Å²) in [7, 11) is 0. The number of thiazole rings is 1. The minimum Gasteiger partial charge on any atom is -0.482 e. The van der Waals surface area contributed by atoms with Crippen molar-refractivity contribution in [2.24, 2.45) is 0 Å². The summed E-state index contributed by atoms with van der Waals surface area (Å²) in [5.74, 6) is 0.575. The van der Waals surface area contributed by atoms with E-state index in [9.17, 15) is 4.79 Å². The van der Waals surface area contributed by atoms with E-state index in [1.165, 1.54) is 5.56 Å². The molecule has 0 saturated carbocycles. The SMILES string of the molecule is O=C1COc2ccc(-c3csc(Cc4ccccc4)n3)cc2N1. The Morgan fingerprint density at radius 2 is 2.04 bits per heavy atom. The highest BCUT2D eigenvalue weighted by Gasteiger charge is 2.17. The number of ether oxygens (including phenoxy) is 1. The van der Waals surface area contributed by atoms with Gasteiger partial charge < -0.3 is 10.1 Å². The number of rotatable bonds is 3. The van der Waals surface area contributed by atoms with E-state index in [0.717, 1.165) is 22.7 Å². The number of aromatic nitrogens is 1. The zero-order chi connectivity index (χ0) is 15.6. The summed E-state index contributed by atoms with van der Waals surface area (Å²) in [5, 5.41) is 5.95. The van der Waals surface area contributed by atoms with Crippen LogP contribution in [0.2, 0.25) is 0 Å². The predicted molar refractivity (Wildman–Crippen MR) is 90.9 cm³/mol. The average Bonchev–Trinajstić information content (AvgIpc) is 3.03. The minimum absolute atomic E-state index is 0.0737. The van der Waals surface area contributed by atoms with Gasteiger partial charge in [-0.2, -0.15) is 0 Å². The Morgan fingerprint density at radius 1 is 1.17 bits per heavy atom. The van der Waals surface area contributed by atoms with Crippen LogP contribution >= 0.6 is 11.3 Å². The van der Waals surface area contributed by atoms with Crippen molar-refractivity contribution < 1.29 is 9.53 Å². The molecular formula is C18H14N2O2S. The zero-order valence-electron chi connectivity index (χ0n) is 12.3. The molecule has 3 aromatic rings. The maximum absolute atomic E-state index is 11.4. The van der Waals surface area contributed by atoms with E-state index in [2.05, 4.69) is 17.4 Å². The molecular weight excluding hydrogens is 308 g/mol. The molecule has 23 heavy (non-hydrogen) atoms. The van der Waals surface area contributed by atoms with Gasteiger partial charge in [0.05, 0.1) is 16.4 Å². The summed E-state index contributed by atoms with van der Waals surface area (Å²) in [6.45, 7) is 0.0737. The highest BCUT2D eigenvalue weighted by molar-refractivity contribution is 7.10. The zero-order valence-corrected chi connectivity index (χ0v) is 13.1. The number of nitrogens with zero attached hydrogens (tertiary/aromatic N) is 1. The molecule has 0 aliphatic carbocycles. The molecule has 0 radical (unpaired) electrons. The van der Waals surface area contributed by atoms with Crippen molar-refractivity contribution in [3.63, 3.8) is 0 Å². The molecule has 0 bridgehead atoms. The second-order valence-electron chi connectivity index (χ2n) is 5.34. The Morgan fingerprint density at radius 3 is 2.91 bits per heavy atom. The van der Waals surface area contributed by atoms with Crippen LogP contribution in [0.4, 0.5) is 5.69 Å². The fourth-order valence-corrected chi connectivity index (χ4v) is 3.38. The number of benzene rings is 2. The van der Waals surface area contributed by atoms with Crippen LogP contribution in [-0.4, -0.2) is 17.5 Å². The maximum Gasteiger partial charge on any atom is 0.262 e. The minimum atomic E-state index is -0.127. The number of carbonyl (C=O) groups is 1. The normalized spacial score (nSPS) is 13.1. The highest BCUT2D eigenvalue weighted by atomic mass is 32.1. The molecule has 1 aliphatic rings. The number of nitrogens with one attached hydrogen (secondary N) is 1. The Labute approximate surface area is 137 Å². The van der Waals surface area contributed by atoms with Crippen LogP contribution in [0.5, 0.6) is 5.75 Å². The number of hydrogen-bond acceptors (Lipinski definition) is 4. The smallest absolute Gasteiger partial charge is 0.262 e. The highest BCUT2D eigenvalue weighted by Crippen LogP contribution is 2.33. The molecule has 1 aromatic heterocycles. The van der Waals surface area contributed by atoms with Crippen molar-refractivity contribution >= 4 is 22.9 Å². The van der Waals surface area contributed by atoms with E-state index in [-0.39, 0.29) is 12.5 Å². The van der Waals surface area contributed by atoms with Crippen LogP contribution in [-0.2, 0) is 11.2 Å². The summed E-state index contributed by atoms with van der Waals surface area (Å²) >= 11 is 1.65. The predicted octanol–water partition coefficient (Wildman–Crippen LogP) is 3.73. The maximum atomic E-state index is 11.4. The Kier molecular flexibility index (Phi) is 3.55. The number of anilines is 1. The first-order valence-electron chi connectivity index (χ1n) is 7.33. The van der Waals surface area contributed by atoms with Gasteiger partial charge in [0.15, 0.2) is 6.61 Å². The van der Waals surface area contributed by atoms with Gasteiger partial charge in [-0.1, -0.05) is 30.3 Å². The second-order valence-corrected chi connectivity index (χ2v) is 6.28. The van der Waals surface area contributed by atoms with Crippen LogP contribution in [0.15, 0.2) is 53.9 Å². The van der Waals surface area contributed by atoms with Gasteiger partial charge >= 0.3 is 0 Å². The average molecular weight is 322 g/mol. The third kappa shape index (κ3) is 2.96. The lowest BCUT2D eigenvalue weighted by Gasteiger charge is -2.18. The first-order valence-corrected chi connectivity index (χ1v) is 8.21. The molecule has 1 aliphatic heterocycles. The van der Waals surface area contributed by atoms with Gasteiger partial charge in [0.2, 0.25) is 0 Å². The van der Waals surface area contributed by atoms with E-state index >= 15 is 0 Å². The molecule has 4 nitrogen and oxygen atoms in total. The second kappa shape index (κ2) is 5.85. The van der Waals surface area contributed by atoms with Gasteiger partial charge in [0.25, 0.3) is 5.91 Å². The molecule has 1 amide bonds. The van der Waals surface area contributed by atoms with Crippen LogP contribution < -0.4 is 10.1 Å². The molecule has 0 atom stereocenters. The van der Waals surface area contributed by atoms with Crippen LogP contribution in [0.1, 0.15) is 10.6 Å². The molecule has 0 fully saturated rings. The third-order valence-electron chi connectivity index (χ3n) is 3.66. The van der Waals surface area contributed by atoms with Gasteiger partial charge in [-0.25, -0.2) is 4.98 Å². The van der Waals surface area contributed by atoms with Crippen LogP contribution in [0.25, 0.3) is 11.3 Å². The fourth-order valence-electron chi connectivity index (χ4n) is 2.54. The Hall–Kier alpha value is -2.66. The van der Waals surface area contributed by atoms with Crippen molar-refractivity contribution in [3.05, 3.63) is 64.5 Å². The van der Waals surface area contributed by atoms with E-state index < -0.39 is 0 Å². The van der Waals surface area contributed by atoms with Gasteiger partial charge in [0, 0.05) is 17.4 Å². The first kappa shape index (κ1) is 14.0. The van der Waals surface area contributed by atoms with Gasteiger partial charge in [-0.15, -0.1) is 11.3 Å². The topological polar surface area (TPSA) is 51.2 Å². The quantitative estimate of drug-likeness (QED) is 0.799. The third-order valence-corrected chi connectivity index (χ3v) is 4.51. The number of hydrogen-bond donors (Lipinski definition) is 1. The molecule has 2 heterocycles. The van der Waals surface area contributed by atoms with Crippen molar-refractivity contribution in [2.75, 3.05) is 11.9 Å². The number of fused-ring (bicyclic) bond motifs is 1. The molecule has 2 aromatic carbocycles. The Bertz CT molecular complexity index is 858. The van der Waals surface area contributed by atoms with Gasteiger partial charge in [-0.3, -0.25) is 4.79 Å². The summed E-state index contributed by atoms with van der Waals surface area (Å²) < 4.78 is 5.38. The Balaban J connectivity index is 1.59. The van der Waals surface area contributed by atoms with Crippen molar-refractivity contribution in [1.29, 1.82) is 0 Å². The largest absolute Gasteiger partial charge is 0.482 e. The lowest BCUT2D eigenvalue weighted by atomic mass is 10.1. The molecule has 114 valence electrons. The van der Waals surface area contributed by atoms with E-state index in [0.29, 0.717) is 11.4 Å². The molecule has 1 N–H and O–H groups in total. The summed E-state index contributed by atoms with van der Waals surface area (Å²) in [4.78, 5) is 16.1. The standard InChI is InChI=1S/C18H14N2O2S/c21-17-10-22-16-7-6-13(9-14(16)19-17)15-11-23-18(20-15)8-12-4-2-1-3-5-12/h1-7,9,11H,8,10H2,(H,19,21). The monoisotopic (exact) mass is 322 g/mol.